The van der Waals surface area contributed by atoms with Gasteiger partial charge < -0.3 is 5.11 Å². The molecule has 2 nitrogen and oxygen atoms in total. The van der Waals surface area contributed by atoms with Crippen molar-refractivity contribution in [1.82, 2.24) is 0 Å². The number of carbonyl (C=O) groups is 1. The fraction of sp³-hybridized carbons (Fsp3) is 0.800. The van der Waals surface area contributed by atoms with Crippen LogP contribution in [0.25, 0.3) is 0 Å². The first-order valence-corrected chi connectivity index (χ1v) is 4.43. The molecule has 0 aliphatic heterocycles. The maximum atomic E-state index is 10.2. The first-order valence-electron chi connectivity index (χ1n) is 2.60. The molecule has 0 aromatic rings. The van der Waals surface area contributed by atoms with E-state index in [9.17, 15) is 4.79 Å². The van der Waals surface area contributed by atoms with E-state index in [-0.39, 0.29) is 4.83 Å². The van der Waals surface area contributed by atoms with Gasteiger partial charge in [-0.05, 0) is 6.42 Å². The zero-order valence-corrected chi connectivity index (χ0v) is 8.15. The van der Waals surface area contributed by atoms with Crippen LogP contribution in [0, 0.1) is 0 Å². The molecule has 0 saturated heterocycles. The Kier molecular flexibility index (Phi) is 4.48. The first kappa shape index (κ1) is 9.43. The highest BCUT2D eigenvalue weighted by Gasteiger charge is 2.20. The number of carboxylic acids is 1. The van der Waals surface area contributed by atoms with Gasteiger partial charge in [0.2, 0.25) is 0 Å². The Hall–Kier alpha value is 0.430. The monoisotopic (exact) mass is 258 g/mol. The van der Waals surface area contributed by atoms with Crippen molar-refractivity contribution in [2.75, 3.05) is 0 Å². The molecule has 0 aliphatic rings. The zero-order valence-electron chi connectivity index (χ0n) is 4.97. The summed E-state index contributed by atoms with van der Waals surface area (Å²) in [6.45, 7) is 1.93. The first-order chi connectivity index (χ1) is 4.09. The van der Waals surface area contributed by atoms with E-state index in [4.69, 9.17) is 5.11 Å². The molecule has 0 fully saturated rings. The Labute approximate surface area is 70.9 Å². The van der Waals surface area contributed by atoms with Crippen LogP contribution in [0.1, 0.15) is 13.3 Å². The zero-order chi connectivity index (χ0) is 7.44. The van der Waals surface area contributed by atoms with E-state index in [1.54, 1.807) is 0 Å². The Morgan fingerprint density at radius 1 is 1.67 bits per heavy atom. The quantitative estimate of drug-likeness (QED) is 0.788. The molecule has 54 valence electrons. The van der Waals surface area contributed by atoms with Crippen LogP contribution in [0.5, 0.6) is 0 Å². The van der Waals surface area contributed by atoms with Crippen molar-refractivity contribution in [1.29, 1.82) is 0 Å². The van der Waals surface area contributed by atoms with Gasteiger partial charge in [0.15, 0.2) is 0 Å². The minimum Gasteiger partial charge on any atom is -0.480 e. The van der Waals surface area contributed by atoms with Crippen molar-refractivity contribution in [3.05, 3.63) is 0 Å². The van der Waals surface area contributed by atoms with Crippen LogP contribution in [0.15, 0.2) is 0 Å². The van der Waals surface area contributed by atoms with Gasteiger partial charge in [-0.2, -0.15) is 0 Å². The van der Waals surface area contributed by atoms with E-state index < -0.39 is 10.8 Å². The third-order valence-corrected chi connectivity index (χ3v) is 3.86. The average Bonchev–Trinajstić information content (AvgIpc) is 1.84. The lowest BCUT2D eigenvalue weighted by Gasteiger charge is -2.08. The highest BCUT2D eigenvalue weighted by molar-refractivity contribution is 9.12. The molecule has 0 unspecified atom stereocenters. The normalized spacial score (nSPS) is 16.8. The smallest absolute Gasteiger partial charge is 0.318 e. The number of hydrogen-bond donors (Lipinski definition) is 1. The van der Waals surface area contributed by atoms with E-state index in [1.807, 2.05) is 6.92 Å². The van der Waals surface area contributed by atoms with Crippen LogP contribution in [-0.2, 0) is 4.79 Å². The van der Waals surface area contributed by atoms with E-state index in [1.165, 1.54) is 0 Å². The molecule has 0 rings (SSSR count). The number of rotatable bonds is 3. The summed E-state index contributed by atoms with van der Waals surface area (Å²) in [6.07, 6.45) is 0.808. The molecular weight excluding hydrogens is 252 g/mol. The molecule has 1 N–H and O–H groups in total. The van der Waals surface area contributed by atoms with Crippen molar-refractivity contribution in [3.63, 3.8) is 0 Å². The molecule has 2 atom stereocenters. The molecule has 0 aliphatic carbocycles. The second-order valence-corrected chi connectivity index (χ2v) is 3.83. The van der Waals surface area contributed by atoms with Gasteiger partial charge in [-0.3, -0.25) is 4.79 Å². The summed E-state index contributed by atoms with van der Waals surface area (Å²) in [6, 6.07) is 0. The molecule has 0 spiro atoms. The molecule has 9 heavy (non-hydrogen) atoms. The topological polar surface area (TPSA) is 37.3 Å². The summed E-state index contributed by atoms with van der Waals surface area (Å²) in [5, 5.41) is 8.41. The van der Waals surface area contributed by atoms with Crippen molar-refractivity contribution >= 4 is 37.8 Å². The van der Waals surface area contributed by atoms with Crippen LogP contribution >= 0.6 is 31.9 Å². The van der Waals surface area contributed by atoms with Gasteiger partial charge in [0.1, 0.15) is 4.83 Å². The minimum atomic E-state index is -0.821. The van der Waals surface area contributed by atoms with Crippen molar-refractivity contribution in [3.8, 4) is 0 Å². The van der Waals surface area contributed by atoms with Gasteiger partial charge in [0.05, 0.1) is 0 Å². The highest BCUT2D eigenvalue weighted by Crippen LogP contribution is 2.17. The summed E-state index contributed by atoms with van der Waals surface area (Å²) < 4.78 is 0. The molecule has 0 saturated carbocycles. The lowest BCUT2D eigenvalue weighted by molar-refractivity contribution is -0.136. The standard InChI is InChI=1S/C5H8Br2O2/c1-2-3(6)4(7)5(8)9/h3-4H,2H2,1H3,(H,8,9)/t3-,4+/m0/s1. The number of halogens is 2. The van der Waals surface area contributed by atoms with E-state index in [0.29, 0.717) is 0 Å². The Bertz CT molecular complexity index is 105. The fourth-order valence-electron chi connectivity index (χ4n) is 0.362. The predicted molar refractivity (Wildman–Crippen MR) is 43.4 cm³/mol. The molecule has 4 heteroatoms. The Morgan fingerprint density at radius 2 is 2.11 bits per heavy atom. The molecule has 0 bridgehead atoms. The number of hydrogen-bond acceptors (Lipinski definition) is 1. The van der Waals surface area contributed by atoms with Crippen LogP contribution in [0.2, 0.25) is 0 Å². The van der Waals surface area contributed by atoms with Gasteiger partial charge in [0, 0.05) is 4.83 Å². The van der Waals surface area contributed by atoms with Crippen LogP contribution in [0.3, 0.4) is 0 Å². The lowest BCUT2D eigenvalue weighted by Crippen LogP contribution is -2.22. The summed E-state index contributed by atoms with van der Waals surface area (Å²) in [4.78, 5) is 9.78. The predicted octanol–water partition coefficient (Wildman–Crippen LogP) is 2.01. The molecule has 0 heterocycles. The van der Waals surface area contributed by atoms with E-state index in [2.05, 4.69) is 31.9 Å². The van der Waals surface area contributed by atoms with Crippen molar-refractivity contribution < 1.29 is 9.90 Å². The SMILES string of the molecule is CC[C@H](Br)[C@@H](Br)C(=O)O. The van der Waals surface area contributed by atoms with Gasteiger partial charge in [-0.1, -0.05) is 38.8 Å². The second kappa shape index (κ2) is 4.28. The molecular formula is C5H8Br2O2. The van der Waals surface area contributed by atoms with Gasteiger partial charge in [-0.25, -0.2) is 0 Å². The second-order valence-electron chi connectivity index (χ2n) is 1.66. The third-order valence-electron chi connectivity index (χ3n) is 0.943. The van der Waals surface area contributed by atoms with Crippen LogP contribution < -0.4 is 0 Å². The highest BCUT2D eigenvalue weighted by atomic mass is 79.9. The summed E-state index contributed by atoms with van der Waals surface area (Å²) in [7, 11) is 0. The molecule has 0 aromatic carbocycles. The van der Waals surface area contributed by atoms with Crippen molar-refractivity contribution in [2.45, 2.75) is 23.0 Å². The van der Waals surface area contributed by atoms with Gasteiger partial charge >= 0.3 is 5.97 Å². The molecule has 0 aromatic heterocycles. The fourth-order valence-corrected chi connectivity index (χ4v) is 0.962. The Balaban J connectivity index is 3.72. The third kappa shape index (κ3) is 3.20. The summed E-state index contributed by atoms with van der Waals surface area (Å²) in [5.41, 5.74) is 0. The van der Waals surface area contributed by atoms with Gasteiger partial charge in [0.25, 0.3) is 0 Å². The number of carboxylic acid groups (broad SMARTS) is 1. The van der Waals surface area contributed by atoms with Crippen molar-refractivity contribution in [2.24, 2.45) is 0 Å². The molecule has 0 radical (unpaired) electrons. The summed E-state index contributed by atoms with van der Waals surface area (Å²) in [5.74, 6) is -0.821. The maximum absolute atomic E-state index is 10.2. The van der Waals surface area contributed by atoms with E-state index >= 15 is 0 Å². The molecule has 0 amide bonds. The van der Waals surface area contributed by atoms with Gasteiger partial charge in [-0.15, -0.1) is 0 Å². The number of aliphatic carboxylic acids is 1. The van der Waals surface area contributed by atoms with Crippen LogP contribution in [-0.4, -0.2) is 20.7 Å². The summed E-state index contributed by atoms with van der Waals surface area (Å²) >= 11 is 6.24. The largest absolute Gasteiger partial charge is 0.480 e. The maximum Gasteiger partial charge on any atom is 0.318 e. The Morgan fingerprint density at radius 3 is 2.22 bits per heavy atom. The average molecular weight is 260 g/mol. The van der Waals surface area contributed by atoms with Crippen LogP contribution in [0.4, 0.5) is 0 Å². The number of alkyl halides is 2. The lowest BCUT2D eigenvalue weighted by atomic mass is 10.2. The minimum absolute atomic E-state index is 0.0231. The van der Waals surface area contributed by atoms with E-state index in [0.717, 1.165) is 6.42 Å².